The van der Waals surface area contributed by atoms with Crippen molar-refractivity contribution in [2.75, 3.05) is 20.6 Å². The van der Waals surface area contributed by atoms with Crippen LogP contribution in [0.15, 0.2) is 12.7 Å². The number of carbonyl (C=O) groups excluding carboxylic acids is 2. The molecule has 0 heterocycles. The molecule has 0 aromatic heterocycles. The Balaban J connectivity index is 2.59. The van der Waals surface area contributed by atoms with Crippen LogP contribution in [-0.2, 0) is 4.79 Å². The number of rotatable bonds is 4. The maximum atomic E-state index is 11.9. The Bertz CT molecular complexity index is 317. The third kappa shape index (κ3) is 3.75. The van der Waals surface area contributed by atoms with Gasteiger partial charge in [0.15, 0.2) is 0 Å². The van der Waals surface area contributed by atoms with Crippen molar-refractivity contribution in [2.45, 2.75) is 31.7 Å². The average molecular weight is 253 g/mol. The highest BCUT2D eigenvalue weighted by Gasteiger charge is 2.31. The van der Waals surface area contributed by atoms with Gasteiger partial charge in [-0.3, -0.25) is 4.79 Å². The Hall–Kier alpha value is -1.52. The number of hydrogen-bond acceptors (Lipinski definition) is 2. The molecule has 5 nitrogen and oxygen atoms in total. The number of urea groups is 1. The predicted molar refractivity (Wildman–Crippen MR) is 71.2 cm³/mol. The van der Waals surface area contributed by atoms with Gasteiger partial charge in [0.2, 0.25) is 5.91 Å². The van der Waals surface area contributed by atoms with Crippen LogP contribution in [0.2, 0.25) is 0 Å². The lowest BCUT2D eigenvalue weighted by Crippen LogP contribution is -2.51. The smallest absolute Gasteiger partial charge is 0.317 e. The van der Waals surface area contributed by atoms with Gasteiger partial charge >= 0.3 is 6.03 Å². The fourth-order valence-corrected chi connectivity index (χ4v) is 2.35. The van der Waals surface area contributed by atoms with E-state index in [1.807, 2.05) is 0 Å². The van der Waals surface area contributed by atoms with Crippen molar-refractivity contribution in [2.24, 2.45) is 5.92 Å². The number of carbonyl (C=O) groups is 2. The monoisotopic (exact) mass is 253 g/mol. The van der Waals surface area contributed by atoms with E-state index in [0.717, 1.165) is 25.7 Å². The van der Waals surface area contributed by atoms with E-state index < -0.39 is 0 Å². The first-order chi connectivity index (χ1) is 8.60. The Kier molecular flexibility index (Phi) is 5.68. The summed E-state index contributed by atoms with van der Waals surface area (Å²) < 4.78 is 0. The summed E-state index contributed by atoms with van der Waals surface area (Å²) in [4.78, 5) is 25.2. The molecular formula is C13H23N3O2. The number of hydrogen-bond donors (Lipinski definition) is 2. The Morgan fingerprint density at radius 2 is 2.06 bits per heavy atom. The molecule has 1 saturated carbocycles. The Morgan fingerprint density at radius 1 is 1.39 bits per heavy atom. The van der Waals surface area contributed by atoms with E-state index in [0.29, 0.717) is 6.54 Å². The lowest BCUT2D eigenvalue weighted by molar-refractivity contribution is -0.126. The van der Waals surface area contributed by atoms with Gasteiger partial charge in [0, 0.05) is 26.7 Å². The molecule has 1 fully saturated rings. The molecule has 0 saturated heterocycles. The second kappa shape index (κ2) is 7.03. The second-order valence-corrected chi connectivity index (χ2v) is 4.73. The second-order valence-electron chi connectivity index (χ2n) is 4.73. The zero-order valence-corrected chi connectivity index (χ0v) is 11.2. The highest BCUT2D eigenvalue weighted by atomic mass is 16.2. The number of nitrogens with one attached hydrogen (secondary N) is 2. The molecule has 18 heavy (non-hydrogen) atoms. The van der Waals surface area contributed by atoms with Crippen LogP contribution in [0.1, 0.15) is 25.7 Å². The molecule has 2 atom stereocenters. The normalized spacial score (nSPS) is 23.0. The molecule has 0 unspecified atom stereocenters. The third-order valence-electron chi connectivity index (χ3n) is 3.41. The summed E-state index contributed by atoms with van der Waals surface area (Å²) in [5.41, 5.74) is 0. The van der Waals surface area contributed by atoms with Crippen molar-refractivity contribution >= 4 is 11.9 Å². The molecule has 2 N–H and O–H groups in total. The predicted octanol–water partition coefficient (Wildman–Crippen LogP) is 1.12. The fraction of sp³-hybridized carbons (Fsp3) is 0.692. The van der Waals surface area contributed by atoms with Crippen molar-refractivity contribution in [1.29, 1.82) is 0 Å². The summed E-state index contributed by atoms with van der Waals surface area (Å²) in [5, 5.41) is 5.62. The largest absolute Gasteiger partial charge is 0.359 e. The zero-order valence-electron chi connectivity index (χ0n) is 11.2. The summed E-state index contributed by atoms with van der Waals surface area (Å²) in [7, 11) is 3.36. The molecule has 0 aliphatic heterocycles. The van der Waals surface area contributed by atoms with E-state index in [1.54, 1.807) is 25.1 Å². The first-order valence-corrected chi connectivity index (χ1v) is 6.44. The summed E-state index contributed by atoms with van der Waals surface area (Å²) in [6.07, 6.45) is 5.49. The first-order valence-electron chi connectivity index (χ1n) is 6.44. The average Bonchev–Trinajstić information content (AvgIpc) is 2.38. The van der Waals surface area contributed by atoms with Crippen LogP contribution in [0, 0.1) is 5.92 Å². The standard InChI is InChI=1S/C13H23N3O2/c1-4-9-16(3)13(18)15-11-8-6-5-7-10(11)12(17)14-2/h4,10-11H,1,5-9H2,2-3H3,(H,14,17)(H,15,18)/t10-,11+/m1/s1. The van der Waals surface area contributed by atoms with E-state index >= 15 is 0 Å². The maximum absolute atomic E-state index is 11.9. The number of likely N-dealkylation sites (N-methyl/N-ethyl adjacent to an activating group) is 1. The quantitative estimate of drug-likeness (QED) is 0.738. The van der Waals surface area contributed by atoms with Crippen molar-refractivity contribution in [3.05, 3.63) is 12.7 Å². The summed E-state index contributed by atoms with van der Waals surface area (Å²) >= 11 is 0. The third-order valence-corrected chi connectivity index (χ3v) is 3.41. The molecule has 102 valence electrons. The van der Waals surface area contributed by atoms with Gasteiger partial charge in [0.25, 0.3) is 0 Å². The topological polar surface area (TPSA) is 61.4 Å². The van der Waals surface area contributed by atoms with E-state index in [2.05, 4.69) is 17.2 Å². The lowest BCUT2D eigenvalue weighted by atomic mass is 9.84. The Labute approximate surface area is 109 Å². The van der Waals surface area contributed by atoms with Gasteiger partial charge in [0.1, 0.15) is 0 Å². The van der Waals surface area contributed by atoms with Gasteiger partial charge in [-0.05, 0) is 12.8 Å². The number of amides is 3. The van der Waals surface area contributed by atoms with Crippen molar-refractivity contribution in [1.82, 2.24) is 15.5 Å². The minimum Gasteiger partial charge on any atom is -0.359 e. The van der Waals surface area contributed by atoms with Crippen LogP contribution in [-0.4, -0.2) is 43.5 Å². The van der Waals surface area contributed by atoms with Gasteiger partial charge in [-0.15, -0.1) is 6.58 Å². The van der Waals surface area contributed by atoms with Crippen molar-refractivity contribution in [3.8, 4) is 0 Å². The summed E-state index contributed by atoms with van der Waals surface area (Å²) in [6, 6.07) is -0.200. The SMILES string of the molecule is C=CCN(C)C(=O)N[C@H]1CCCC[C@H]1C(=O)NC. The molecule has 0 aromatic rings. The van der Waals surface area contributed by atoms with Crippen molar-refractivity contribution in [3.63, 3.8) is 0 Å². The Morgan fingerprint density at radius 3 is 2.67 bits per heavy atom. The highest BCUT2D eigenvalue weighted by molar-refractivity contribution is 5.81. The molecule has 0 spiro atoms. The highest BCUT2D eigenvalue weighted by Crippen LogP contribution is 2.24. The summed E-state index contributed by atoms with van der Waals surface area (Å²) in [6.45, 7) is 4.10. The molecule has 0 bridgehead atoms. The molecule has 3 amide bonds. The molecule has 1 aliphatic carbocycles. The molecular weight excluding hydrogens is 230 g/mol. The van der Waals surface area contributed by atoms with Gasteiger partial charge in [-0.2, -0.15) is 0 Å². The van der Waals surface area contributed by atoms with Gasteiger partial charge in [-0.1, -0.05) is 18.9 Å². The fourth-order valence-electron chi connectivity index (χ4n) is 2.35. The van der Waals surface area contributed by atoms with E-state index in [4.69, 9.17) is 0 Å². The van der Waals surface area contributed by atoms with Crippen molar-refractivity contribution < 1.29 is 9.59 Å². The number of nitrogens with zero attached hydrogens (tertiary/aromatic N) is 1. The van der Waals surface area contributed by atoms with Crippen LogP contribution < -0.4 is 10.6 Å². The minimum atomic E-state index is -0.143. The van der Waals surface area contributed by atoms with E-state index in [1.165, 1.54) is 0 Å². The molecule has 5 heteroatoms. The van der Waals surface area contributed by atoms with Crippen LogP contribution in [0.3, 0.4) is 0 Å². The van der Waals surface area contributed by atoms with E-state index in [-0.39, 0.29) is 23.9 Å². The summed E-state index contributed by atoms with van der Waals surface area (Å²) in [5.74, 6) is -0.0868. The van der Waals surface area contributed by atoms with Crippen LogP contribution in [0.4, 0.5) is 4.79 Å². The van der Waals surface area contributed by atoms with E-state index in [9.17, 15) is 9.59 Å². The van der Waals surface area contributed by atoms with Gasteiger partial charge in [0.05, 0.1) is 5.92 Å². The zero-order chi connectivity index (χ0) is 13.5. The van der Waals surface area contributed by atoms with Crippen LogP contribution in [0.5, 0.6) is 0 Å². The lowest BCUT2D eigenvalue weighted by Gasteiger charge is -2.32. The van der Waals surface area contributed by atoms with Crippen LogP contribution >= 0.6 is 0 Å². The molecule has 1 rings (SSSR count). The minimum absolute atomic E-state index is 0.0198. The van der Waals surface area contributed by atoms with Gasteiger partial charge < -0.3 is 15.5 Å². The van der Waals surface area contributed by atoms with Crippen LogP contribution in [0.25, 0.3) is 0 Å². The molecule has 0 radical (unpaired) electrons. The van der Waals surface area contributed by atoms with Gasteiger partial charge in [-0.25, -0.2) is 4.79 Å². The first kappa shape index (κ1) is 14.5. The molecule has 0 aromatic carbocycles. The molecule has 1 aliphatic rings. The maximum Gasteiger partial charge on any atom is 0.317 e.